The maximum absolute atomic E-state index is 2.28. The van der Waals surface area contributed by atoms with Crippen LogP contribution in [-0.2, 0) is 6.42 Å². The smallest absolute Gasteiger partial charge is 0.0865 e. The van der Waals surface area contributed by atoms with E-state index in [-0.39, 0.29) is 1.43 Å². The quantitative estimate of drug-likeness (QED) is 0.601. The third-order valence-corrected chi connectivity index (χ3v) is 3.35. The molecule has 60 valence electrons. The first kappa shape index (κ1) is 8.85. The summed E-state index contributed by atoms with van der Waals surface area (Å²) in [4.78, 5) is 0. The topological polar surface area (TPSA) is 0 Å². The van der Waals surface area contributed by atoms with Crippen LogP contribution in [0.25, 0.3) is 0 Å². The number of hydrogen-bond donors (Lipinski definition) is 0. The Hall–Kier alpha value is -0.248. The highest BCUT2D eigenvalue weighted by Crippen LogP contribution is 2.12. The Morgan fingerprint density at radius 1 is 1.36 bits per heavy atom. The van der Waals surface area contributed by atoms with Crippen LogP contribution in [-0.4, -0.2) is 16.3 Å². The molecule has 0 nitrogen and oxygen atoms in total. The maximum Gasteiger partial charge on any atom is 0.216 e. The largest absolute Gasteiger partial charge is 0.216 e. The van der Waals surface area contributed by atoms with Crippen molar-refractivity contribution in [2.24, 2.45) is 0 Å². The standard InChI is InChI=1S/C10H13.Al.H2.2H/c1-2-3-7-10-8-5-4-6-9-10;;;;/h3-6,8-9H,2,7H2,1H3;;1H;;. The van der Waals surface area contributed by atoms with Crippen LogP contribution in [0.2, 0.25) is 4.78 Å². The van der Waals surface area contributed by atoms with E-state index in [0.29, 0.717) is 0 Å². The van der Waals surface area contributed by atoms with E-state index in [4.69, 9.17) is 0 Å². The summed E-state index contributed by atoms with van der Waals surface area (Å²) in [7, 11) is 0. The van der Waals surface area contributed by atoms with Gasteiger partial charge in [-0.2, -0.15) is 0 Å². The fraction of sp³-hybridized carbons (Fsp3) is 0.400. The van der Waals surface area contributed by atoms with Crippen LogP contribution in [0, 0.1) is 0 Å². The van der Waals surface area contributed by atoms with Gasteiger partial charge in [0.25, 0.3) is 0 Å². The highest BCUT2D eigenvalue weighted by atomic mass is 27.0. The van der Waals surface area contributed by atoms with Crippen molar-refractivity contribution in [3.8, 4) is 0 Å². The molecule has 1 aromatic carbocycles. The van der Waals surface area contributed by atoms with Crippen molar-refractivity contribution in [2.75, 3.05) is 0 Å². The van der Waals surface area contributed by atoms with Crippen molar-refractivity contribution in [2.45, 2.75) is 24.5 Å². The molecule has 0 radical (unpaired) electrons. The summed E-state index contributed by atoms with van der Waals surface area (Å²) in [5, 5.41) is 0. The van der Waals surface area contributed by atoms with Gasteiger partial charge in [0.2, 0.25) is 16.3 Å². The van der Waals surface area contributed by atoms with E-state index in [0.717, 1.165) is 4.78 Å². The molecule has 0 bridgehead atoms. The van der Waals surface area contributed by atoms with E-state index in [9.17, 15) is 0 Å². The first-order valence-corrected chi connectivity index (χ1v) is 5.52. The molecule has 11 heavy (non-hydrogen) atoms. The zero-order valence-electron chi connectivity index (χ0n) is 7.38. The van der Waals surface area contributed by atoms with Crippen molar-refractivity contribution in [3.63, 3.8) is 0 Å². The molecule has 0 aromatic heterocycles. The Labute approximate surface area is 78.5 Å². The third kappa shape index (κ3) is 3.10. The van der Waals surface area contributed by atoms with E-state index >= 15 is 0 Å². The Kier molecular flexibility index (Phi) is 3.69. The molecule has 1 atom stereocenters. The van der Waals surface area contributed by atoms with Crippen LogP contribution >= 0.6 is 0 Å². The van der Waals surface area contributed by atoms with Gasteiger partial charge < -0.3 is 0 Å². The average Bonchev–Trinajstić information content (AvgIpc) is 2.06. The molecule has 0 N–H and O–H groups in total. The van der Waals surface area contributed by atoms with Gasteiger partial charge >= 0.3 is 0 Å². The molecule has 0 aliphatic heterocycles. The van der Waals surface area contributed by atoms with Gasteiger partial charge in [0.15, 0.2) is 0 Å². The monoisotopic (exact) mass is 164 g/mol. The van der Waals surface area contributed by atoms with Crippen molar-refractivity contribution in [1.82, 2.24) is 0 Å². The summed E-state index contributed by atoms with van der Waals surface area (Å²) >= 11 is 1.32. The number of benzene rings is 1. The molecular weight excluding hydrogens is 147 g/mol. The molecule has 0 amide bonds. The van der Waals surface area contributed by atoms with Crippen LogP contribution in [0.15, 0.2) is 30.3 Å². The molecule has 0 saturated heterocycles. The lowest BCUT2D eigenvalue weighted by Crippen LogP contribution is -1.94. The second-order valence-corrected chi connectivity index (χ2v) is 4.84. The zero-order valence-corrected chi connectivity index (χ0v) is 9.38. The molecule has 1 aromatic rings. The predicted octanol–water partition coefficient (Wildman–Crippen LogP) is 2.31. The molecule has 1 rings (SSSR count). The molecule has 0 spiro atoms. The van der Waals surface area contributed by atoms with Crippen LogP contribution < -0.4 is 0 Å². The van der Waals surface area contributed by atoms with Gasteiger partial charge in [-0.05, 0) is 12.0 Å². The summed E-state index contributed by atoms with van der Waals surface area (Å²) in [5.74, 6) is 0. The summed E-state index contributed by atoms with van der Waals surface area (Å²) in [6, 6.07) is 10.8. The lowest BCUT2D eigenvalue weighted by atomic mass is 10.1. The molecule has 0 saturated carbocycles. The highest BCUT2D eigenvalue weighted by molar-refractivity contribution is 6.11. The van der Waals surface area contributed by atoms with E-state index in [1.807, 2.05) is 0 Å². The van der Waals surface area contributed by atoms with Gasteiger partial charge in [-0.3, -0.25) is 0 Å². The van der Waals surface area contributed by atoms with Gasteiger partial charge in [0, 0.05) is 1.43 Å². The average molecular weight is 164 g/mol. The van der Waals surface area contributed by atoms with Crippen LogP contribution in [0.5, 0.6) is 0 Å². The predicted molar refractivity (Wildman–Crippen MR) is 54.8 cm³/mol. The second kappa shape index (κ2) is 4.59. The van der Waals surface area contributed by atoms with Crippen molar-refractivity contribution in [1.29, 1.82) is 0 Å². The first-order chi connectivity index (χ1) is 5.33. The summed E-state index contributed by atoms with van der Waals surface area (Å²) < 4.78 is 0.956. The Bertz CT molecular complexity index is 198. The van der Waals surface area contributed by atoms with Crippen molar-refractivity contribution < 1.29 is 1.43 Å². The Balaban J connectivity index is 0.00000121. The van der Waals surface area contributed by atoms with E-state index in [1.54, 1.807) is 0 Å². The molecule has 1 heteroatoms. The fourth-order valence-corrected chi connectivity index (χ4v) is 1.63. The normalized spacial score (nSPS) is 12.8. The van der Waals surface area contributed by atoms with Crippen LogP contribution in [0.3, 0.4) is 0 Å². The molecule has 0 aliphatic carbocycles. The lowest BCUT2D eigenvalue weighted by molar-refractivity contribution is 0.791. The summed E-state index contributed by atoms with van der Waals surface area (Å²) in [6.07, 6.45) is 2.62. The molecule has 0 aliphatic rings. The van der Waals surface area contributed by atoms with Gasteiger partial charge in [-0.25, -0.2) is 0 Å². The fourth-order valence-electron chi connectivity index (χ4n) is 1.16. The van der Waals surface area contributed by atoms with Gasteiger partial charge in [-0.1, -0.05) is 48.5 Å². The minimum Gasteiger partial charge on any atom is -0.0865 e. The molecule has 0 heterocycles. The number of hydrogen-bond acceptors (Lipinski definition) is 0. The van der Waals surface area contributed by atoms with E-state index < -0.39 is 0 Å². The first-order valence-electron chi connectivity index (χ1n) is 4.37. The van der Waals surface area contributed by atoms with E-state index in [2.05, 4.69) is 37.3 Å². The van der Waals surface area contributed by atoms with E-state index in [1.165, 1.54) is 34.7 Å². The minimum atomic E-state index is 0. The van der Waals surface area contributed by atoms with Gasteiger partial charge in [0.05, 0.1) is 0 Å². The maximum atomic E-state index is 2.28. The Morgan fingerprint density at radius 2 is 2.00 bits per heavy atom. The second-order valence-electron chi connectivity index (χ2n) is 3.20. The zero-order chi connectivity index (χ0) is 8.10. The molecule has 1 unspecified atom stereocenters. The van der Waals surface area contributed by atoms with Crippen LogP contribution in [0.4, 0.5) is 0 Å². The van der Waals surface area contributed by atoms with Gasteiger partial charge in [0.1, 0.15) is 0 Å². The molecular formula is C10H17Al. The molecule has 0 fully saturated rings. The van der Waals surface area contributed by atoms with Gasteiger partial charge in [-0.15, -0.1) is 0 Å². The minimum absolute atomic E-state index is 0. The van der Waals surface area contributed by atoms with Crippen molar-refractivity contribution in [3.05, 3.63) is 35.9 Å². The lowest BCUT2D eigenvalue weighted by Gasteiger charge is -2.06. The third-order valence-electron chi connectivity index (χ3n) is 2.12. The SMILES string of the molecule is CC[CH]([AlH2])Cc1ccccc1.[HH]. The highest BCUT2D eigenvalue weighted by Gasteiger charge is 1.99. The summed E-state index contributed by atoms with van der Waals surface area (Å²) in [5.41, 5.74) is 1.49. The van der Waals surface area contributed by atoms with Crippen LogP contribution in [0.1, 0.15) is 20.3 Å². The van der Waals surface area contributed by atoms with Crippen molar-refractivity contribution >= 4 is 16.3 Å². The Morgan fingerprint density at radius 3 is 2.55 bits per heavy atom. The number of rotatable bonds is 3. The summed E-state index contributed by atoms with van der Waals surface area (Å²) in [6.45, 7) is 2.28.